The van der Waals surface area contributed by atoms with Gasteiger partial charge in [-0.1, -0.05) is 66.7 Å². The Morgan fingerprint density at radius 3 is 2.17 bits per heavy atom. The lowest BCUT2D eigenvalue weighted by molar-refractivity contribution is -0.120. The molecule has 5 nitrogen and oxygen atoms in total. The molecule has 1 amide bonds. The number of nitrogens with two attached hydrogens (primary N) is 1. The van der Waals surface area contributed by atoms with Gasteiger partial charge in [-0.2, -0.15) is 0 Å². The maximum absolute atomic E-state index is 11.8. The number of primary amides is 1. The van der Waals surface area contributed by atoms with E-state index in [1.807, 2.05) is 78.9 Å². The number of ether oxygens (including phenoxy) is 2. The minimum atomic E-state index is -0.447. The van der Waals surface area contributed by atoms with Crippen LogP contribution in [-0.4, -0.2) is 19.1 Å². The largest absolute Gasteiger partial charge is 0.493 e. The molecule has 0 aliphatic carbocycles. The predicted octanol–water partition coefficient (Wildman–Crippen LogP) is 3.46. The average molecular weight is 390 g/mol. The van der Waals surface area contributed by atoms with Gasteiger partial charge in [0.15, 0.2) is 11.5 Å². The fourth-order valence-corrected chi connectivity index (χ4v) is 3.04. The Labute approximate surface area is 171 Å². The molecule has 3 aromatic rings. The fourth-order valence-electron chi connectivity index (χ4n) is 3.04. The van der Waals surface area contributed by atoms with Crippen LogP contribution in [0.25, 0.3) is 0 Å². The lowest BCUT2D eigenvalue weighted by Crippen LogP contribution is -2.42. The predicted molar refractivity (Wildman–Crippen MR) is 114 cm³/mol. The highest BCUT2D eigenvalue weighted by atomic mass is 16.5. The van der Waals surface area contributed by atoms with E-state index in [-0.39, 0.29) is 5.91 Å². The van der Waals surface area contributed by atoms with Crippen LogP contribution in [0.4, 0.5) is 0 Å². The van der Waals surface area contributed by atoms with E-state index in [9.17, 15) is 4.79 Å². The molecule has 0 fully saturated rings. The molecule has 0 radical (unpaired) electrons. The van der Waals surface area contributed by atoms with E-state index in [1.54, 1.807) is 7.11 Å². The molecular formula is C24H26N2O3. The zero-order chi connectivity index (χ0) is 20.5. The van der Waals surface area contributed by atoms with Crippen molar-refractivity contribution in [3.8, 4) is 11.5 Å². The van der Waals surface area contributed by atoms with Crippen molar-refractivity contribution in [3.63, 3.8) is 0 Å². The zero-order valence-corrected chi connectivity index (χ0v) is 16.5. The van der Waals surface area contributed by atoms with Crippen molar-refractivity contribution in [1.82, 2.24) is 5.32 Å². The number of amides is 1. The van der Waals surface area contributed by atoms with Crippen molar-refractivity contribution >= 4 is 5.91 Å². The Balaban J connectivity index is 1.62. The van der Waals surface area contributed by atoms with Crippen LogP contribution < -0.4 is 20.5 Å². The van der Waals surface area contributed by atoms with Crippen LogP contribution in [0.15, 0.2) is 78.9 Å². The lowest BCUT2D eigenvalue weighted by atomic mass is 10.1. The van der Waals surface area contributed by atoms with Gasteiger partial charge < -0.3 is 20.5 Å². The molecule has 29 heavy (non-hydrogen) atoms. The van der Waals surface area contributed by atoms with Gasteiger partial charge in [0.05, 0.1) is 13.2 Å². The number of benzene rings is 3. The number of carbonyl (C=O) groups is 1. The highest BCUT2D eigenvalue weighted by molar-refractivity contribution is 5.80. The van der Waals surface area contributed by atoms with Gasteiger partial charge in [-0.25, -0.2) is 0 Å². The molecule has 150 valence electrons. The summed E-state index contributed by atoms with van der Waals surface area (Å²) >= 11 is 0. The third-order valence-corrected chi connectivity index (χ3v) is 4.64. The van der Waals surface area contributed by atoms with Gasteiger partial charge in [0.1, 0.15) is 6.61 Å². The van der Waals surface area contributed by atoms with Crippen molar-refractivity contribution in [3.05, 3.63) is 95.6 Å². The topological polar surface area (TPSA) is 73.6 Å². The van der Waals surface area contributed by atoms with Gasteiger partial charge in [0.25, 0.3) is 0 Å². The Kier molecular flexibility index (Phi) is 7.25. The minimum Gasteiger partial charge on any atom is -0.493 e. The van der Waals surface area contributed by atoms with E-state index in [0.717, 1.165) is 16.7 Å². The molecule has 3 rings (SSSR count). The number of nitrogens with one attached hydrogen (secondary N) is 1. The highest BCUT2D eigenvalue weighted by Crippen LogP contribution is 2.29. The second-order valence-corrected chi connectivity index (χ2v) is 6.79. The lowest BCUT2D eigenvalue weighted by Gasteiger charge is -2.17. The van der Waals surface area contributed by atoms with E-state index in [0.29, 0.717) is 31.1 Å². The monoisotopic (exact) mass is 390 g/mol. The number of methoxy groups -OCH3 is 1. The summed E-state index contributed by atoms with van der Waals surface area (Å²) in [4.78, 5) is 11.8. The highest BCUT2D eigenvalue weighted by Gasteiger charge is 2.16. The maximum atomic E-state index is 11.8. The van der Waals surface area contributed by atoms with Crippen molar-refractivity contribution < 1.29 is 14.3 Å². The summed E-state index contributed by atoms with van der Waals surface area (Å²) in [5.74, 6) is 0.957. The zero-order valence-electron chi connectivity index (χ0n) is 16.5. The van der Waals surface area contributed by atoms with Gasteiger partial charge in [0, 0.05) is 6.54 Å². The van der Waals surface area contributed by atoms with Crippen LogP contribution >= 0.6 is 0 Å². The molecule has 3 N–H and O–H groups in total. The van der Waals surface area contributed by atoms with Crippen molar-refractivity contribution in [1.29, 1.82) is 0 Å². The summed E-state index contributed by atoms with van der Waals surface area (Å²) in [6.07, 6.45) is 0.547. The van der Waals surface area contributed by atoms with E-state index >= 15 is 0 Å². The van der Waals surface area contributed by atoms with Crippen molar-refractivity contribution in [2.75, 3.05) is 7.11 Å². The first-order valence-corrected chi connectivity index (χ1v) is 9.56. The van der Waals surface area contributed by atoms with Crippen LogP contribution in [0.2, 0.25) is 0 Å². The molecule has 3 aromatic carbocycles. The van der Waals surface area contributed by atoms with Crippen LogP contribution in [-0.2, 0) is 24.4 Å². The molecular weight excluding hydrogens is 364 g/mol. The van der Waals surface area contributed by atoms with Crippen LogP contribution in [0.5, 0.6) is 11.5 Å². The molecule has 0 aliphatic rings. The van der Waals surface area contributed by atoms with E-state index < -0.39 is 6.04 Å². The summed E-state index contributed by atoms with van der Waals surface area (Å²) in [6.45, 7) is 0.964. The molecule has 0 saturated carbocycles. The van der Waals surface area contributed by atoms with E-state index in [1.165, 1.54) is 0 Å². The molecule has 0 aromatic heterocycles. The summed E-state index contributed by atoms with van der Waals surface area (Å²) in [6, 6.07) is 25.1. The smallest absolute Gasteiger partial charge is 0.234 e. The molecule has 5 heteroatoms. The normalized spacial score (nSPS) is 11.6. The Morgan fingerprint density at radius 2 is 1.55 bits per heavy atom. The standard InChI is InChI=1S/C24H26N2O3/c1-28-23-15-20(12-13-22(23)29-17-19-10-6-3-7-11-19)16-26-21(24(25)27)14-18-8-4-2-5-9-18/h2-13,15,21,26H,14,16-17H2,1H3,(H2,25,27)/t21-/m0/s1. The number of carbonyl (C=O) groups excluding carboxylic acids is 1. The average Bonchev–Trinajstić information content (AvgIpc) is 2.76. The second kappa shape index (κ2) is 10.3. The number of hydrogen-bond acceptors (Lipinski definition) is 4. The van der Waals surface area contributed by atoms with E-state index in [4.69, 9.17) is 15.2 Å². The SMILES string of the molecule is COc1cc(CN[C@@H](Cc2ccccc2)C(N)=O)ccc1OCc1ccccc1. The molecule has 0 spiro atoms. The second-order valence-electron chi connectivity index (χ2n) is 6.79. The first kappa shape index (κ1) is 20.4. The molecule has 0 heterocycles. The molecule has 0 unspecified atom stereocenters. The van der Waals surface area contributed by atoms with Gasteiger partial charge in [0.2, 0.25) is 5.91 Å². The number of rotatable bonds is 10. The fraction of sp³-hybridized carbons (Fsp3) is 0.208. The van der Waals surface area contributed by atoms with Crippen LogP contribution in [0.3, 0.4) is 0 Å². The first-order chi connectivity index (χ1) is 14.2. The van der Waals surface area contributed by atoms with Crippen LogP contribution in [0, 0.1) is 0 Å². The summed E-state index contributed by atoms with van der Waals surface area (Å²) in [7, 11) is 1.61. The molecule has 1 atom stereocenters. The van der Waals surface area contributed by atoms with Gasteiger partial charge in [-0.3, -0.25) is 4.79 Å². The van der Waals surface area contributed by atoms with Crippen molar-refractivity contribution in [2.24, 2.45) is 5.73 Å². The number of hydrogen-bond donors (Lipinski definition) is 2. The summed E-state index contributed by atoms with van der Waals surface area (Å²) < 4.78 is 11.4. The third-order valence-electron chi connectivity index (χ3n) is 4.64. The van der Waals surface area contributed by atoms with Gasteiger partial charge >= 0.3 is 0 Å². The Bertz CT molecular complexity index is 914. The maximum Gasteiger partial charge on any atom is 0.234 e. The quantitative estimate of drug-likeness (QED) is 0.556. The van der Waals surface area contributed by atoms with Crippen molar-refractivity contribution in [2.45, 2.75) is 25.6 Å². The van der Waals surface area contributed by atoms with Gasteiger partial charge in [-0.05, 0) is 35.2 Å². The Hall–Kier alpha value is -3.31. The molecule has 0 bridgehead atoms. The molecule has 0 saturated heterocycles. The summed E-state index contributed by atoms with van der Waals surface area (Å²) in [5.41, 5.74) is 8.71. The van der Waals surface area contributed by atoms with Crippen LogP contribution in [0.1, 0.15) is 16.7 Å². The Morgan fingerprint density at radius 1 is 0.897 bits per heavy atom. The molecule has 0 aliphatic heterocycles. The van der Waals surface area contributed by atoms with Gasteiger partial charge in [-0.15, -0.1) is 0 Å². The van der Waals surface area contributed by atoms with E-state index in [2.05, 4.69) is 5.32 Å². The third kappa shape index (κ3) is 6.09. The minimum absolute atomic E-state index is 0.372. The summed E-state index contributed by atoms with van der Waals surface area (Å²) in [5, 5.41) is 3.24. The first-order valence-electron chi connectivity index (χ1n) is 9.56.